The SMILES string of the molecule is CCNCc1cncc(-c2ccc3[nH]nc(-c4nc5c(N6CCCC6)cccc5[nH]4)c3c2)c1C. The molecule has 1 saturated heterocycles. The summed E-state index contributed by atoms with van der Waals surface area (Å²) in [6.07, 6.45) is 6.39. The van der Waals surface area contributed by atoms with E-state index in [0.717, 1.165) is 70.8 Å². The number of benzene rings is 2. The molecule has 1 aliphatic heterocycles. The molecule has 3 aromatic heterocycles. The van der Waals surface area contributed by atoms with Crippen LogP contribution in [0.2, 0.25) is 0 Å². The number of imidazole rings is 1. The number of aromatic amines is 2. The van der Waals surface area contributed by atoms with Gasteiger partial charge in [0.1, 0.15) is 11.2 Å². The zero-order chi connectivity index (χ0) is 23.1. The third kappa shape index (κ3) is 3.53. The van der Waals surface area contributed by atoms with Crippen LogP contribution >= 0.6 is 0 Å². The molecule has 0 unspecified atom stereocenters. The Hall–Kier alpha value is -3.71. The number of hydrogen-bond acceptors (Lipinski definition) is 5. The van der Waals surface area contributed by atoms with Gasteiger partial charge in [-0.1, -0.05) is 19.1 Å². The maximum absolute atomic E-state index is 5.02. The van der Waals surface area contributed by atoms with Crippen molar-refractivity contribution in [1.29, 1.82) is 0 Å². The van der Waals surface area contributed by atoms with E-state index < -0.39 is 0 Å². The van der Waals surface area contributed by atoms with Crippen LogP contribution in [0.1, 0.15) is 30.9 Å². The Balaban J connectivity index is 1.43. The standard InChI is InChI=1S/C27H29N7/c1-3-28-14-19-15-29-16-21(17(19)2)18-9-10-22-20(13-18)25(33-32-22)27-30-23-7-6-8-24(26(23)31-27)34-11-4-5-12-34/h6-10,13,15-16,28H,3-5,11-12,14H2,1-2H3,(H,30,31)(H,32,33). The van der Waals surface area contributed by atoms with Gasteiger partial charge in [0.15, 0.2) is 5.82 Å². The fraction of sp³-hybridized carbons (Fsp3) is 0.296. The number of nitrogens with one attached hydrogen (secondary N) is 3. The van der Waals surface area contributed by atoms with E-state index >= 15 is 0 Å². The molecule has 0 bridgehead atoms. The molecule has 34 heavy (non-hydrogen) atoms. The average molecular weight is 452 g/mol. The van der Waals surface area contributed by atoms with Crippen molar-refractivity contribution in [1.82, 2.24) is 30.5 Å². The lowest BCUT2D eigenvalue weighted by Crippen LogP contribution is -2.17. The van der Waals surface area contributed by atoms with Crippen LogP contribution in [-0.4, -0.2) is 44.8 Å². The van der Waals surface area contributed by atoms with E-state index in [4.69, 9.17) is 4.98 Å². The number of nitrogens with zero attached hydrogens (tertiary/aromatic N) is 4. The highest BCUT2D eigenvalue weighted by molar-refractivity contribution is 5.97. The topological polar surface area (TPSA) is 85.5 Å². The Morgan fingerprint density at radius 1 is 1.06 bits per heavy atom. The molecule has 3 N–H and O–H groups in total. The highest BCUT2D eigenvalue weighted by Crippen LogP contribution is 2.34. The number of rotatable bonds is 6. The summed E-state index contributed by atoms with van der Waals surface area (Å²) in [5.74, 6) is 0.792. The Morgan fingerprint density at radius 3 is 2.79 bits per heavy atom. The van der Waals surface area contributed by atoms with Gasteiger partial charge in [0, 0.05) is 43.0 Å². The highest BCUT2D eigenvalue weighted by atomic mass is 15.2. The quantitative estimate of drug-likeness (QED) is 0.331. The molecule has 0 spiro atoms. The fourth-order valence-corrected chi connectivity index (χ4v) is 5.00. The molecule has 4 heterocycles. The summed E-state index contributed by atoms with van der Waals surface area (Å²) >= 11 is 0. The maximum Gasteiger partial charge on any atom is 0.159 e. The molecule has 1 aliphatic rings. The lowest BCUT2D eigenvalue weighted by atomic mass is 9.98. The first-order valence-electron chi connectivity index (χ1n) is 12.1. The van der Waals surface area contributed by atoms with Crippen LogP contribution in [0.3, 0.4) is 0 Å². The van der Waals surface area contributed by atoms with Crippen LogP contribution in [-0.2, 0) is 6.54 Å². The van der Waals surface area contributed by atoms with Crippen molar-refractivity contribution >= 4 is 27.6 Å². The van der Waals surface area contributed by atoms with Crippen molar-refractivity contribution in [2.45, 2.75) is 33.2 Å². The molecule has 0 radical (unpaired) electrons. The van der Waals surface area contributed by atoms with E-state index in [1.165, 1.54) is 29.7 Å². The number of H-pyrrole nitrogens is 2. The molecule has 2 aromatic carbocycles. The molecule has 7 heteroatoms. The number of fused-ring (bicyclic) bond motifs is 2. The zero-order valence-electron chi connectivity index (χ0n) is 19.7. The molecule has 0 atom stereocenters. The minimum atomic E-state index is 0.792. The van der Waals surface area contributed by atoms with Gasteiger partial charge in [-0.2, -0.15) is 5.10 Å². The van der Waals surface area contributed by atoms with Crippen LogP contribution in [0.5, 0.6) is 0 Å². The predicted molar refractivity (Wildman–Crippen MR) is 138 cm³/mol. The largest absolute Gasteiger partial charge is 0.370 e. The maximum atomic E-state index is 5.02. The second-order valence-electron chi connectivity index (χ2n) is 9.04. The van der Waals surface area contributed by atoms with Gasteiger partial charge >= 0.3 is 0 Å². The molecule has 0 saturated carbocycles. The number of para-hydroxylation sites is 1. The van der Waals surface area contributed by atoms with Gasteiger partial charge in [-0.25, -0.2) is 4.98 Å². The van der Waals surface area contributed by atoms with E-state index in [-0.39, 0.29) is 0 Å². The Bertz CT molecular complexity index is 1470. The molecule has 0 amide bonds. The van der Waals surface area contributed by atoms with Crippen molar-refractivity contribution in [2.75, 3.05) is 24.5 Å². The summed E-state index contributed by atoms with van der Waals surface area (Å²) in [5, 5.41) is 12.3. The lowest BCUT2D eigenvalue weighted by molar-refractivity contribution is 0.721. The summed E-state index contributed by atoms with van der Waals surface area (Å²) in [6, 6.07) is 12.8. The molecule has 5 aromatic rings. The Labute approximate surface area is 198 Å². The first kappa shape index (κ1) is 20.9. The Kier molecular flexibility index (Phi) is 5.26. The van der Waals surface area contributed by atoms with E-state index in [9.17, 15) is 0 Å². The normalized spacial score (nSPS) is 14.0. The van der Waals surface area contributed by atoms with Crippen molar-refractivity contribution in [2.24, 2.45) is 0 Å². The van der Waals surface area contributed by atoms with Crippen LogP contribution in [0.15, 0.2) is 48.8 Å². The minimum Gasteiger partial charge on any atom is -0.370 e. The minimum absolute atomic E-state index is 0.792. The molecule has 7 nitrogen and oxygen atoms in total. The Morgan fingerprint density at radius 2 is 1.94 bits per heavy atom. The van der Waals surface area contributed by atoms with Crippen LogP contribution in [0.4, 0.5) is 5.69 Å². The summed E-state index contributed by atoms with van der Waals surface area (Å²) < 4.78 is 0. The summed E-state index contributed by atoms with van der Waals surface area (Å²) in [5.41, 5.74) is 9.85. The fourth-order valence-electron chi connectivity index (χ4n) is 5.00. The molecule has 6 rings (SSSR count). The number of hydrogen-bond donors (Lipinski definition) is 3. The van der Waals surface area contributed by atoms with Crippen LogP contribution in [0, 0.1) is 6.92 Å². The van der Waals surface area contributed by atoms with Gasteiger partial charge in [0.25, 0.3) is 0 Å². The first-order chi connectivity index (χ1) is 16.7. The molecule has 0 aliphatic carbocycles. The number of pyridine rings is 1. The number of aromatic nitrogens is 5. The highest BCUT2D eigenvalue weighted by Gasteiger charge is 2.19. The van der Waals surface area contributed by atoms with E-state index in [1.54, 1.807) is 0 Å². The van der Waals surface area contributed by atoms with E-state index in [0.29, 0.717) is 0 Å². The van der Waals surface area contributed by atoms with E-state index in [2.05, 4.69) is 80.6 Å². The van der Waals surface area contributed by atoms with Crippen molar-refractivity contribution in [3.63, 3.8) is 0 Å². The van der Waals surface area contributed by atoms with Crippen LogP contribution in [0.25, 0.3) is 44.6 Å². The first-order valence-corrected chi connectivity index (χ1v) is 12.1. The van der Waals surface area contributed by atoms with Crippen molar-refractivity contribution in [3.05, 3.63) is 59.9 Å². The summed E-state index contributed by atoms with van der Waals surface area (Å²) in [7, 11) is 0. The van der Waals surface area contributed by atoms with Gasteiger partial charge in [-0.15, -0.1) is 0 Å². The zero-order valence-corrected chi connectivity index (χ0v) is 19.7. The lowest BCUT2D eigenvalue weighted by Gasteiger charge is -2.17. The smallest absolute Gasteiger partial charge is 0.159 e. The molecule has 1 fully saturated rings. The molecule has 172 valence electrons. The second-order valence-corrected chi connectivity index (χ2v) is 9.04. The van der Waals surface area contributed by atoms with Gasteiger partial charge in [-0.3, -0.25) is 10.1 Å². The molecular formula is C27H29N7. The second kappa shape index (κ2) is 8.57. The summed E-state index contributed by atoms with van der Waals surface area (Å²) in [4.78, 5) is 15.5. The van der Waals surface area contributed by atoms with Gasteiger partial charge < -0.3 is 15.2 Å². The predicted octanol–water partition coefficient (Wildman–Crippen LogP) is 5.19. The molecular weight excluding hydrogens is 422 g/mol. The third-order valence-electron chi connectivity index (χ3n) is 6.92. The van der Waals surface area contributed by atoms with Crippen molar-refractivity contribution in [3.8, 4) is 22.6 Å². The third-order valence-corrected chi connectivity index (χ3v) is 6.92. The monoisotopic (exact) mass is 451 g/mol. The van der Waals surface area contributed by atoms with Gasteiger partial charge in [-0.05, 0) is 67.3 Å². The van der Waals surface area contributed by atoms with Crippen molar-refractivity contribution < 1.29 is 0 Å². The summed E-state index contributed by atoms with van der Waals surface area (Å²) in [6.45, 7) is 8.23. The number of anilines is 1. The van der Waals surface area contributed by atoms with Gasteiger partial charge in [0.05, 0.1) is 16.7 Å². The average Bonchev–Trinajstić information content (AvgIpc) is 3.62. The van der Waals surface area contributed by atoms with Gasteiger partial charge in [0.2, 0.25) is 0 Å². The van der Waals surface area contributed by atoms with Crippen LogP contribution < -0.4 is 10.2 Å². The van der Waals surface area contributed by atoms with E-state index in [1.807, 2.05) is 12.4 Å².